The van der Waals surface area contributed by atoms with Gasteiger partial charge < -0.3 is 15.0 Å². The quantitative estimate of drug-likeness (QED) is 0.924. The number of hydrogen-bond donors (Lipinski definition) is 1. The van der Waals surface area contributed by atoms with Crippen molar-refractivity contribution in [3.63, 3.8) is 0 Å². The molecule has 0 bridgehead atoms. The molecule has 1 aromatic heterocycles. The fourth-order valence-corrected chi connectivity index (χ4v) is 2.90. The molecule has 1 saturated heterocycles. The number of likely N-dealkylation sites (tertiary alicyclic amines) is 1. The van der Waals surface area contributed by atoms with Crippen molar-refractivity contribution < 1.29 is 9.53 Å². The summed E-state index contributed by atoms with van der Waals surface area (Å²) in [7, 11) is 1.96. The topological polar surface area (TPSA) is 54.5 Å². The molecular formula is C16H25N3O2. The van der Waals surface area contributed by atoms with E-state index in [2.05, 4.69) is 16.4 Å². The molecule has 0 radical (unpaired) electrons. The number of carbonyl (C=O) groups is 1. The lowest BCUT2D eigenvalue weighted by Gasteiger charge is -2.41. The lowest BCUT2D eigenvalue weighted by atomic mass is 9.92. The first kappa shape index (κ1) is 15.8. The van der Waals surface area contributed by atoms with Crippen LogP contribution in [0.1, 0.15) is 32.3 Å². The van der Waals surface area contributed by atoms with E-state index in [0.717, 1.165) is 31.4 Å². The third kappa shape index (κ3) is 4.17. The van der Waals surface area contributed by atoms with Gasteiger partial charge in [0.15, 0.2) is 0 Å². The number of likely N-dealkylation sites (N-methyl/N-ethyl adjacent to an activating group) is 1. The Labute approximate surface area is 126 Å². The first-order chi connectivity index (χ1) is 10.1. The second kappa shape index (κ2) is 7.41. The number of hydrogen-bond acceptors (Lipinski definition) is 4. The van der Waals surface area contributed by atoms with Gasteiger partial charge in [-0.25, -0.2) is 4.79 Å². The van der Waals surface area contributed by atoms with Crippen molar-refractivity contribution >= 4 is 6.09 Å². The van der Waals surface area contributed by atoms with Crippen molar-refractivity contribution in [2.75, 3.05) is 13.6 Å². The van der Waals surface area contributed by atoms with E-state index in [9.17, 15) is 4.79 Å². The minimum atomic E-state index is -0.209. The molecule has 0 aliphatic carbocycles. The summed E-state index contributed by atoms with van der Waals surface area (Å²) in [6.45, 7) is 4.52. The fraction of sp³-hybridized carbons (Fsp3) is 0.625. The summed E-state index contributed by atoms with van der Waals surface area (Å²) in [6.07, 6.45) is 6.21. The van der Waals surface area contributed by atoms with E-state index in [4.69, 9.17) is 4.74 Å². The highest BCUT2D eigenvalue weighted by molar-refractivity contribution is 5.68. The molecule has 1 aliphatic rings. The van der Waals surface area contributed by atoms with Gasteiger partial charge in [0.25, 0.3) is 0 Å². The van der Waals surface area contributed by atoms with Crippen molar-refractivity contribution in [1.82, 2.24) is 15.2 Å². The molecule has 5 heteroatoms. The van der Waals surface area contributed by atoms with Crippen LogP contribution in [-0.2, 0) is 11.2 Å². The number of amides is 1. The molecule has 0 saturated carbocycles. The maximum atomic E-state index is 12.3. The van der Waals surface area contributed by atoms with E-state index >= 15 is 0 Å². The normalized spacial score (nSPS) is 22.4. The van der Waals surface area contributed by atoms with Gasteiger partial charge in [0.1, 0.15) is 0 Å². The van der Waals surface area contributed by atoms with Crippen LogP contribution in [0.15, 0.2) is 24.5 Å². The van der Waals surface area contributed by atoms with Gasteiger partial charge in [0, 0.05) is 25.0 Å². The van der Waals surface area contributed by atoms with Gasteiger partial charge in [-0.1, -0.05) is 6.07 Å². The Morgan fingerprint density at radius 3 is 3.00 bits per heavy atom. The summed E-state index contributed by atoms with van der Waals surface area (Å²) in [5, 5.41) is 3.34. The minimum absolute atomic E-state index is 0.0912. The van der Waals surface area contributed by atoms with E-state index in [1.54, 1.807) is 6.20 Å². The highest BCUT2D eigenvalue weighted by Gasteiger charge is 2.34. The number of pyridine rings is 1. The second-order valence-electron chi connectivity index (χ2n) is 5.80. The summed E-state index contributed by atoms with van der Waals surface area (Å²) in [5.74, 6) is 0. The molecule has 5 nitrogen and oxygen atoms in total. The van der Waals surface area contributed by atoms with Gasteiger partial charge in [-0.3, -0.25) is 4.98 Å². The zero-order valence-corrected chi connectivity index (χ0v) is 13.1. The molecule has 2 unspecified atom stereocenters. The summed E-state index contributed by atoms with van der Waals surface area (Å²) >= 11 is 0. The standard InChI is InChI=1S/C16H25N3O2/c1-12(2)21-16(20)19-9-5-7-14(17-3)15(19)10-13-6-4-8-18-11-13/h4,6,8,11-12,14-15,17H,5,7,9-10H2,1-3H3. The summed E-state index contributed by atoms with van der Waals surface area (Å²) in [5.41, 5.74) is 1.15. The van der Waals surface area contributed by atoms with Gasteiger partial charge >= 0.3 is 6.09 Å². The van der Waals surface area contributed by atoms with Crippen LogP contribution < -0.4 is 5.32 Å². The second-order valence-corrected chi connectivity index (χ2v) is 5.80. The maximum absolute atomic E-state index is 12.3. The number of nitrogens with zero attached hydrogens (tertiary/aromatic N) is 2. The molecule has 2 rings (SSSR count). The lowest BCUT2D eigenvalue weighted by molar-refractivity contribution is 0.0444. The molecule has 1 fully saturated rings. The highest BCUT2D eigenvalue weighted by atomic mass is 16.6. The summed E-state index contributed by atoms with van der Waals surface area (Å²) in [4.78, 5) is 18.4. The predicted octanol–water partition coefficient (Wildman–Crippen LogP) is 2.22. The van der Waals surface area contributed by atoms with Gasteiger partial charge in [-0.05, 0) is 51.8 Å². The molecular weight excluding hydrogens is 266 g/mol. The molecule has 1 N–H and O–H groups in total. The van der Waals surface area contributed by atoms with E-state index in [0.29, 0.717) is 6.04 Å². The zero-order valence-electron chi connectivity index (χ0n) is 13.1. The van der Waals surface area contributed by atoms with Gasteiger partial charge in [-0.15, -0.1) is 0 Å². The highest BCUT2D eigenvalue weighted by Crippen LogP contribution is 2.22. The van der Waals surface area contributed by atoms with E-state index in [1.165, 1.54) is 0 Å². The molecule has 2 atom stereocenters. The van der Waals surface area contributed by atoms with Crippen molar-refractivity contribution in [3.8, 4) is 0 Å². The van der Waals surface area contributed by atoms with E-state index < -0.39 is 0 Å². The van der Waals surface area contributed by atoms with Gasteiger partial charge in [0.05, 0.1) is 12.1 Å². The van der Waals surface area contributed by atoms with Crippen LogP contribution in [0.3, 0.4) is 0 Å². The van der Waals surface area contributed by atoms with Crippen LogP contribution in [0.25, 0.3) is 0 Å². The Bertz CT molecular complexity index is 450. The lowest BCUT2D eigenvalue weighted by Crippen LogP contribution is -2.56. The van der Waals surface area contributed by atoms with Crippen LogP contribution >= 0.6 is 0 Å². The number of aromatic nitrogens is 1. The molecule has 21 heavy (non-hydrogen) atoms. The first-order valence-electron chi connectivity index (χ1n) is 7.65. The Morgan fingerprint density at radius 1 is 1.57 bits per heavy atom. The minimum Gasteiger partial charge on any atom is -0.447 e. The summed E-state index contributed by atoms with van der Waals surface area (Å²) in [6, 6.07) is 4.39. The number of carbonyl (C=O) groups excluding carboxylic acids is 1. The van der Waals surface area contributed by atoms with E-state index in [1.807, 2.05) is 38.1 Å². The van der Waals surface area contributed by atoms with Crippen molar-refractivity contribution in [2.45, 2.75) is 51.3 Å². The van der Waals surface area contributed by atoms with Crippen LogP contribution in [-0.4, -0.2) is 47.8 Å². The Kier molecular flexibility index (Phi) is 5.56. The first-order valence-corrected chi connectivity index (χ1v) is 7.65. The largest absolute Gasteiger partial charge is 0.447 e. The van der Waals surface area contributed by atoms with Crippen molar-refractivity contribution in [2.24, 2.45) is 0 Å². The molecule has 0 aromatic carbocycles. The Hall–Kier alpha value is -1.62. The molecule has 0 spiro atoms. The third-order valence-corrected chi connectivity index (χ3v) is 3.89. The average molecular weight is 291 g/mol. The van der Waals surface area contributed by atoms with Crippen LogP contribution in [0.4, 0.5) is 4.79 Å². The van der Waals surface area contributed by atoms with Crippen LogP contribution in [0, 0.1) is 0 Å². The van der Waals surface area contributed by atoms with Crippen LogP contribution in [0.2, 0.25) is 0 Å². The monoisotopic (exact) mass is 291 g/mol. The number of piperidine rings is 1. The molecule has 1 amide bonds. The number of rotatable bonds is 4. The average Bonchev–Trinajstić information content (AvgIpc) is 2.47. The molecule has 1 aliphatic heterocycles. The van der Waals surface area contributed by atoms with Crippen molar-refractivity contribution in [1.29, 1.82) is 0 Å². The maximum Gasteiger partial charge on any atom is 0.410 e. The van der Waals surface area contributed by atoms with Gasteiger partial charge in [-0.2, -0.15) is 0 Å². The molecule has 2 heterocycles. The Morgan fingerprint density at radius 2 is 2.38 bits per heavy atom. The Balaban J connectivity index is 2.14. The number of ether oxygens (including phenoxy) is 1. The summed E-state index contributed by atoms with van der Waals surface area (Å²) < 4.78 is 5.39. The fourth-order valence-electron chi connectivity index (χ4n) is 2.90. The number of nitrogens with one attached hydrogen (secondary N) is 1. The molecule has 116 valence electrons. The van der Waals surface area contributed by atoms with Gasteiger partial charge in [0.2, 0.25) is 0 Å². The SMILES string of the molecule is CNC1CCCN(C(=O)OC(C)C)C1Cc1cccnc1. The zero-order chi connectivity index (χ0) is 15.2. The van der Waals surface area contributed by atoms with Crippen LogP contribution in [0.5, 0.6) is 0 Å². The molecule has 1 aromatic rings. The predicted molar refractivity (Wildman–Crippen MR) is 82.1 cm³/mol. The van der Waals surface area contributed by atoms with E-state index in [-0.39, 0.29) is 18.2 Å². The smallest absolute Gasteiger partial charge is 0.410 e. The third-order valence-electron chi connectivity index (χ3n) is 3.89. The van der Waals surface area contributed by atoms with Crippen molar-refractivity contribution in [3.05, 3.63) is 30.1 Å².